The predicted octanol–water partition coefficient (Wildman–Crippen LogP) is 2.02. The average Bonchev–Trinajstić information content (AvgIpc) is 3.14. The lowest BCUT2D eigenvalue weighted by atomic mass is 9.85. The van der Waals surface area contributed by atoms with E-state index in [1.807, 2.05) is 4.90 Å². The molecule has 130 valence electrons. The van der Waals surface area contributed by atoms with Gasteiger partial charge >= 0.3 is 0 Å². The molecule has 1 saturated heterocycles. The number of fused-ring (bicyclic) bond motifs is 2. The first kappa shape index (κ1) is 16.9. The molecule has 0 N–H and O–H groups in total. The quantitative estimate of drug-likeness (QED) is 0.752. The average molecular weight is 321 g/mol. The van der Waals surface area contributed by atoms with Crippen molar-refractivity contribution in [2.45, 2.75) is 45.6 Å². The first-order valence-corrected chi connectivity index (χ1v) is 9.13. The minimum atomic E-state index is -0.452. The Labute approximate surface area is 140 Å². The van der Waals surface area contributed by atoms with Crippen molar-refractivity contribution in [3.05, 3.63) is 0 Å². The number of carbonyl (C=O) groups is 1. The second-order valence-corrected chi connectivity index (χ2v) is 7.77. The molecule has 3 atom stereocenters. The zero-order valence-corrected chi connectivity index (χ0v) is 15.0. The fraction of sp³-hybridized carbons (Fsp3) is 0.889. The number of hydrogen-bond acceptors (Lipinski definition) is 4. The van der Waals surface area contributed by atoms with Crippen molar-refractivity contribution in [2.75, 3.05) is 39.9 Å². The van der Waals surface area contributed by atoms with Crippen molar-refractivity contribution < 1.29 is 9.53 Å². The van der Waals surface area contributed by atoms with E-state index in [1.54, 1.807) is 7.11 Å². The Morgan fingerprint density at radius 3 is 2.83 bits per heavy atom. The largest absolute Gasteiger partial charge is 0.383 e. The van der Waals surface area contributed by atoms with Gasteiger partial charge in [-0.3, -0.25) is 14.7 Å². The summed E-state index contributed by atoms with van der Waals surface area (Å²) in [7, 11) is 1.75. The summed E-state index contributed by atoms with van der Waals surface area (Å²) in [5.74, 6) is 2.79. The predicted molar refractivity (Wildman–Crippen MR) is 91.5 cm³/mol. The summed E-state index contributed by atoms with van der Waals surface area (Å²) in [6.07, 6.45) is 2.93. The van der Waals surface area contributed by atoms with Crippen LogP contribution in [0.2, 0.25) is 0 Å². The summed E-state index contributed by atoms with van der Waals surface area (Å²) in [5.41, 5.74) is -0.452. The van der Waals surface area contributed by atoms with Gasteiger partial charge in [-0.25, -0.2) is 0 Å². The first-order chi connectivity index (χ1) is 11.0. The summed E-state index contributed by atoms with van der Waals surface area (Å²) < 4.78 is 5.21. The zero-order chi connectivity index (χ0) is 16.6. The Hall–Kier alpha value is -0.940. The smallest absolute Gasteiger partial charge is 0.256 e. The normalized spacial score (nSPS) is 34.0. The van der Waals surface area contributed by atoms with Gasteiger partial charge in [-0.15, -0.1) is 0 Å². The SMILES string of the molecule is CCC1=N[C@@]2(CC[C@@H]3CN(CCOC)C[C@@H]32)C(=O)N1CC(C)C. The van der Waals surface area contributed by atoms with Crippen LogP contribution in [0, 0.1) is 17.8 Å². The molecule has 5 nitrogen and oxygen atoms in total. The molecule has 0 aromatic carbocycles. The van der Waals surface area contributed by atoms with E-state index in [0.29, 0.717) is 17.8 Å². The monoisotopic (exact) mass is 321 g/mol. The van der Waals surface area contributed by atoms with Crippen molar-refractivity contribution in [1.29, 1.82) is 0 Å². The van der Waals surface area contributed by atoms with Gasteiger partial charge < -0.3 is 9.64 Å². The van der Waals surface area contributed by atoms with Crippen LogP contribution in [0.25, 0.3) is 0 Å². The highest BCUT2D eigenvalue weighted by atomic mass is 16.5. The molecule has 0 bridgehead atoms. The zero-order valence-electron chi connectivity index (χ0n) is 15.0. The molecule has 2 fully saturated rings. The van der Waals surface area contributed by atoms with Gasteiger partial charge in [0, 0.05) is 45.6 Å². The van der Waals surface area contributed by atoms with Crippen LogP contribution in [0.4, 0.5) is 0 Å². The molecule has 1 spiro atoms. The second-order valence-electron chi connectivity index (χ2n) is 7.77. The maximum absolute atomic E-state index is 13.3. The lowest BCUT2D eigenvalue weighted by Gasteiger charge is -2.29. The van der Waals surface area contributed by atoms with Crippen molar-refractivity contribution >= 4 is 11.7 Å². The highest BCUT2D eigenvalue weighted by molar-refractivity contribution is 6.08. The highest BCUT2D eigenvalue weighted by Crippen LogP contribution is 2.50. The molecule has 3 rings (SSSR count). The lowest BCUT2D eigenvalue weighted by molar-refractivity contribution is -0.132. The van der Waals surface area contributed by atoms with Crippen molar-refractivity contribution in [2.24, 2.45) is 22.7 Å². The number of hydrogen-bond donors (Lipinski definition) is 0. The maximum Gasteiger partial charge on any atom is 0.256 e. The van der Waals surface area contributed by atoms with E-state index in [0.717, 1.165) is 57.9 Å². The molecule has 2 heterocycles. The maximum atomic E-state index is 13.3. The molecule has 1 aliphatic carbocycles. The topological polar surface area (TPSA) is 45.1 Å². The van der Waals surface area contributed by atoms with Gasteiger partial charge in [-0.2, -0.15) is 0 Å². The first-order valence-electron chi connectivity index (χ1n) is 9.13. The van der Waals surface area contributed by atoms with Crippen molar-refractivity contribution in [3.63, 3.8) is 0 Å². The van der Waals surface area contributed by atoms with E-state index in [2.05, 4.69) is 25.7 Å². The van der Waals surface area contributed by atoms with Gasteiger partial charge in [0.25, 0.3) is 5.91 Å². The third-order valence-corrected chi connectivity index (χ3v) is 5.76. The number of amidine groups is 1. The number of amides is 1. The Balaban J connectivity index is 1.79. The van der Waals surface area contributed by atoms with Crippen molar-refractivity contribution in [3.8, 4) is 0 Å². The van der Waals surface area contributed by atoms with Crippen LogP contribution >= 0.6 is 0 Å². The van der Waals surface area contributed by atoms with Gasteiger partial charge in [0.2, 0.25) is 0 Å². The molecule has 0 aromatic rings. The van der Waals surface area contributed by atoms with E-state index in [1.165, 1.54) is 0 Å². The Kier molecular flexibility index (Phi) is 4.79. The molecular weight excluding hydrogens is 290 g/mol. The highest BCUT2D eigenvalue weighted by Gasteiger charge is 2.60. The molecule has 1 amide bonds. The second kappa shape index (κ2) is 6.52. The number of carbonyl (C=O) groups excluding carboxylic acids is 1. The number of methoxy groups -OCH3 is 1. The molecule has 2 aliphatic heterocycles. The van der Waals surface area contributed by atoms with Crippen LogP contribution in [0.5, 0.6) is 0 Å². The molecular formula is C18H31N3O2. The van der Waals surface area contributed by atoms with Crippen LogP contribution in [-0.2, 0) is 9.53 Å². The molecule has 1 saturated carbocycles. The Morgan fingerprint density at radius 1 is 1.39 bits per heavy atom. The van der Waals surface area contributed by atoms with Crippen LogP contribution in [0.15, 0.2) is 4.99 Å². The van der Waals surface area contributed by atoms with Crippen LogP contribution < -0.4 is 0 Å². The summed E-state index contributed by atoms with van der Waals surface area (Å²) in [4.78, 5) is 22.8. The minimum absolute atomic E-state index is 0.282. The van der Waals surface area contributed by atoms with Crippen LogP contribution in [-0.4, -0.2) is 67.0 Å². The summed E-state index contributed by atoms with van der Waals surface area (Å²) in [6.45, 7) is 11.1. The van der Waals surface area contributed by atoms with Gasteiger partial charge in [0.05, 0.1) is 6.61 Å². The fourth-order valence-electron chi connectivity index (χ4n) is 4.70. The molecule has 3 aliphatic rings. The summed E-state index contributed by atoms with van der Waals surface area (Å²) in [6, 6.07) is 0. The fourth-order valence-corrected chi connectivity index (χ4v) is 4.70. The summed E-state index contributed by atoms with van der Waals surface area (Å²) >= 11 is 0. The number of likely N-dealkylation sites (tertiary alicyclic amines) is 1. The number of rotatable bonds is 6. The number of nitrogens with zero attached hydrogens (tertiary/aromatic N) is 3. The van der Waals surface area contributed by atoms with E-state index in [9.17, 15) is 4.79 Å². The molecule has 0 unspecified atom stereocenters. The third kappa shape index (κ3) is 2.82. The minimum Gasteiger partial charge on any atom is -0.383 e. The van der Waals surface area contributed by atoms with Crippen LogP contribution in [0.3, 0.4) is 0 Å². The van der Waals surface area contributed by atoms with E-state index in [4.69, 9.17) is 9.73 Å². The molecule has 5 heteroatoms. The third-order valence-electron chi connectivity index (χ3n) is 5.76. The van der Waals surface area contributed by atoms with Gasteiger partial charge in [0.1, 0.15) is 11.4 Å². The van der Waals surface area contributed by atoms with E-state index < -0.39 is 5.54 Å². The standard InChI is InChI=1S/C18H31N3O2/c1-5-16-19-18(17(22)21(16)10-13(2)3)7-6-14-11-20(8-9-23-4)12-15(14)18/h13-15H,5-12H2,1-4H3/t14-,15+,18-/m1/s1. The molecule has 0 aromatic heterocycles. The van der Waals surface area contributed by atoms with Crippen LogP contribution in [0.1, 0.15) is 40.0 Å². The van der Waals surface area contributed by atoms with Gasteiger partial charge in [0.15, 0.2) is 0 Å². The number of aliphatic imine (C=N–C) groups is 1. The van der Waals surface area contributed by atoms with Gasteiger partial charge in [-0.1, -0.05) is 20.8 Å². The van der Waals surface area contributed by atoms with E-state index in [-0.39, 0.29) is 5.91 Å². The Morgan fingerprint density at radius 2 is 2.17 bits per heavy atom. The van der Waals surface area contributed by atoms with E-state index >= 15 is 0 Å². The van der Waals surface area contributed by atoms with Gasteiger partial charge in [-0.05, 0) is 24.7 Å². The molecule has 23 heavy (non-hydrogen) atoms. The Bertz CT molecular complexity index is 491. The molecule has 0 radical (unpaired) electrons. The van der Waals surface area contributed by atoms with Crippen molar-refractivity contribution in [1.82, 2.24) is 9.80 Å². The number of ether oxygens (including phenoxy) is 1. The lowest BCUT2D eigenvalue weighted by Crippen LogP contribution is -2.47. The summed E-state index contributed by atoms with van der Waals surface area (Å²) in [5, 5.41) is 0.